The molecule has 0 radical (unpaired) electrons. The van der Waals surface area contributed by atoms with E-state index in [-0.39, 0.29) is 6.61 Å². The first-order chi connectivity index (χ1) is 7.35. The highest BCUT2D eigenvalue weighted by Gasteiger charge is 2.40. The highest BCUT2D eigenvalue weighted by molar-refractivity contribution is 5.13. The zero-order valence-electron chi connectivity index (χ0n) is 9.19. The van der Waals surface area contributed by atoms with Crippen molar-refractivity contribution in [2.24, 2.45) is 0 Å². The van der Waals surface area contributed by atoms with E-state index in [1.54, 1.807) is 0 Å². The number of quaternary nitrogens is 1. The van der Waals surface area contributed by atoms with Crippen LogP contribution < -0.4 is 5.11 Å². The van der Waals surface area contributed by atoms with Crippen molar-refractivity contribution in [2.45, 2.75) is 19.4 Å². The van der Waals surface area contributed by atoms with Gasteiger partial charge in [0, 0.05) is 5.56 Å². The standard InChI is InChI=1S/C13H19NO/c15-11-5-4-8-14(9-10-14)12-13-6-2-1-3-7-13/h1-3,6-7H,4-5,8-12H2. The molecule has 1 aliphatic rings. The summed E-state index contributed by atoms with van der Waals surface area (Å²) in [6.07, 6.45) is 1.94. The molecule has 1 saturated heterocycles. The van der Waals surface area contributed by atoms with Crippen LogP contribution in [0.25, 0.3) is 0 Å². The van der Waals surface area contributed by atoms with Crippen LogP contribution in [0.4, 0.5) is 0 Å². The Kier molecular flexibility index (Phi) is 3.39. The molecule has 0 amide bonds. The van der Waals surface area contributed by atoms with Crippen LogP contribution in [0.15, 0.2) is 30.3 Å². The molecular weight excluding hydrogens is 186 g/mol. The predicted molar refractivity (Wildman–Crippen MR) is 59.1 cm³/mol. The molecule has 1 aliphatic heterocycles. The van der Waals surface area contributed by atoms with E-state index >= 15 is 0 Å². The molecule has 0 aliphatic carbocycles. The average molecular weight is 205 g/mol. The molecule has 0 saturated carbocycles. The SMILES string of the molecule is [O-]CCCC[N+]1(Cc2ccccc2)CC1. The Morgan fingerprint density at radius 1 is 1.07 bits per heavy atom. The van der Waals surface area contributed by atoms with Crippen LogP contribution in [0, 0.1) is 0 Å². The maximum absolute atomic E-state index is 10.4. The van der Waals surface area contributed by atoms with Crippen molar-refractivity contribution < 1.29 is 9.59 Å². The molecule has 82 valence electrons. The van der Waals surface area contributed by atoms with Gasteiger partial charge in [0.15, 0.2) is 0 Å². The van der Waals surface area contributed by atoms with E-state index in [2.05, 4.69) is 30.3 Å². The first-order valence-corrected chi connectivity index (χ1v) is 5.82. The van der Waals surface area contributed by atoms with Gasteiger partial charge in [-0.3, -0.25) is 0 Å². The highest BCUT2D eigenvalue weighted by Crippen LogP contribution is 2.26. The fraction of sp³-hybridized carbons (Fsp3) is 0.538. The number of rotatable bonds is 6. The topological polar surface area (TPSA) is 23.1 Å². The fourth-order valence-corrected chi connectivity index (χ4v) is 2.12. The van der Waals surface area contributed by atoms with Gasteiger partial charge >= 0.3 is 0 Å². The van der Waals surface area contributed by atoms with Gasteiger partial charge in [0.1, 0.15) is 19.6 Å². The van der Waals surface area contributed by atoms with Gasteiger partial charge < -0.3 is 9.59 Å². The third-order valence-corrected chi connectivity index (χ3v) is 3.24. The molecule has 15 heavy (non-hydrogen) atoms. The van der Waals surface area contributed by atoms with E-state index in [0.717, 1.165) is 19.4 Å². The van der Waals surface area contributed by atoms with E-state index in [1.807, 2.05) is 0 Å². The lowest BCUT2D eigenvalue weighted by molar-refractivity contribution is -0.814. The molecule has 0 bridgehead atoms. The van der Waals surface area contributed by atoms with Crippen LogP contribution >= 0.6 is 0 Å². The molecule has 0 aromatic heterocycles. The second-order valence-corrected chi connectivity index (χ2v) is 4.57. The van der Waals surface area contributed by atoms with Gasteiger partial charge in [-0.1, -0.05) is 36.8 Å². The molecule has 0 unspecified atom stereocenters. The van der Waals surface area contributed by atoms with Crippen LogP contribution in [0.5, 0.6) is 0 Å². The summed E-state index contributed by atoms with van der Waals surface area (Å²) < 4.78 is 1.21. The molecule has 0 atom stereocenters. The largest absolute Gasteiger partial charge is 0.854 e. The van der Waals surface area contributed by atoms with Crippen molar-refractivity contribution in [3.05, 3.63) is 35.9 Å². The number of hydrogen-bond acceptors (Lipinski definition) is 1. The summed E-state index contributed by atoms with van der Waals surface area (Å²) in [5, 5.41) is 10.4. The molecule has 0 spiro atoms. The average Bonchev–Trinajstić information content (AvgIpc) is 3.00. The molecule has 2 heteroatoms. The van der Waals surface area contributed by atoms with Gasteiger partial charge in [-0.05, 0) is 6.42 Å². The van der Waals surface area contributed by atoms with Crippen LogP contribution in [0.3, 0.4) is 0 Å². The van der Waals surface area contributed by atoms with Crippen LogP contribution in [-0.2, 0) is 6.54 Å². The van der Waals surface area contributed by atoms with Gasteiger partial charge in [0.05, 0.1) is 6.54 Å². The summed E-state index contributed by atoms with van der Waals surface area (Å²) in [7, 11) is 0. The second-order valence-electron chi connectivity index (χ2n) is 4.57. The van der Waals surface area contributed by atoms with Crippen molar-refractivity contribution >= 4 is 0 Å². The minimum Gasteiger partial charge on any atom is -0.854 e. The van der Waals surface area contributed by atoms with E-state index in [4.69, 9.17) is 0 Å². The summed E-state index contributed by atoms with van der Waals surface area (Å²) in [5.41, 5.74) is 1.43. The van der Waals surface area contributed by atoms with Crippen molar-refractivity contribution in [2.75, 3.05) is 26.2 Å². The second kappa shape index (κ2) is 4.77. The smallest absolute Gasteiger partial charge is 0.129 e. The minimum atomic E-state index is 0.0886. The number of unbranched alkanes of at least 4 members (excludes halogenated alkanes) is 1. The summed E-state index contributed by atoms with van der Waals surface area (Å²) in [6.45, 7) is 5.03. The quantitative estimate of drug-likeness (QED) is 0.388. The molecular formula is C13H19NO. The van der Waals surface area contributed by atoms with Gasteiger partial charge in [-0.2, -0.15) is 0 Å². The maximum Gasteiger partial charge on any atom is 0.129 e. The molecule has 0 N–H and O–H groups in total. The fourth-order valence-electron chi connectivity index (χ4n) is 2.12. The number of benzene rings is 1. The summed E-state index contributed by atoms with van der Waals surface area (Å²) in [5.74, 6) is 0. The first-order valence-electron chi connectivity index (χ1n) is 5.82. The third-order valence-electron chi connectivity index (χ3n) is 3.24. The van der Waals surface area contributed by atoms with E-state index in [1.165, 1.54) is 29.7 Å². The zero-order chi connectivity index (χ0) is 10.6. The monoisotopic (exact) mass is 205 g/mol. The minimum absolute atomic E-state index is 0.0886. The molecule has 1 fully saturated rings. The lowest BCUT2D eigenvalue weighted by atomic mass is 10.2. The highest BCUT2D eigenvalue weighted by atomic mass is 16.2. The van der Waals surface area contributed by atoms with E-state index < -0.39 is 0 Å². The lowest BCUT2D eigenvalue weighted by Gasteiger charge is -2.18. The third kappa shape index (κ3) is 3.05. The number of nitrogens with zero attached hydrogens (tertiary/aromatic N) is 1. The van der Waals surface area contributed by atoms with Gasteiger partial charge in [0.2, 0.25) is 0 Å². The summed E-state index contributed by atoms with van der Waals surface area (Å²) >= 11 is 0. The van der Waals surface area contributed by atoms with Crippen LogP contribution in [-0.4, -0.2) is 30.7 Å². The maximum atomic E-state index is 10.4. The predicted octanol–water partition coefficient (Wildman–Crippen LogP) is 1.16. The van der Waals surface area contributed by atoms with E-state index in [9.17, 15) is 5.11 Å². The Morgan fingerprint density at radius 2 is 1.80 bits per heavy atom. The lowest BCUT2D eigenvalue weighted by Crippen LogP contribution is -2.27. The first kappa shape index (κ1) is 10.7. The van der Waals surface area contributed by atoms with E-state index in [0.29, 0.717) is 0 Å². The normalized spacial score (nSPS) is 17.7. The van der Waals surface area contributed by atoms with Gasteiger partial charge in [0.25, 0.3) is 0 Å². The molecule has 1 aromatic rings. The Morgan fingerprint density at radius 3 is 2.40 bits per heavy atom. The number of hydrogen-bond donors (Lipinski definition) is 0. The molecule has 2 nitrogen and oxygen atoms in total. The Balaban J connectivity index is 1.83. The Labute approximate surface area is 91.7 Å². The summed E-state index contributed by atoms with van der Waals surface area (Å²) in [6, 6.07) is 10.7. The van der Waals surface area contributed by atoms with Crippen molar-refractivity contribution in [1.29, 1.82) is 0 Å². The molecule has 1 heterocycles. The zero-order valence-corrected chi connectivity index (χ0v) is 9.19. The van der Waals surface area contributed by atoms with Crippen molar-refractivity contribution in [3.63, 3.8) is 0 Å². The Hall–Kier alpha value is -0.860. The van der Waals surface area contributed by atoms with Crippen LogP contribution in [0.2, 0.25) is 0 Å². The van der Waals surface area contributed by atoms with Gasteiger partial charge in [-0.25, -0.2) is 0 Å². The van der Waals surface area contributed by atoms with Crippen LogP contribution in [0.1, 0.15) is 18.4 Å². The van der Waals surface area contributed by atoms with Crippen molar-refractivity contribution in [3.8, 4) is 0 Å². The summed E-state index contributed by atoms with van der Waals surface area (Å²) in [4.78, 5) is 0. The van der Waals surface area contributed by atoms with Gasteiger partial charge in [-0.15, -0.1) is 6.61 Å². The molecule has 1 aromatic carbocycles. The Bertz CT molecular complexity index is 293. The van der Waals surface area contributed by atoms with Crippen molar-refractivity contribution in [1.82, 2.24) is 0 Å². The molecule has 2 rings (SSSR count).